The SMILES string of the molecule is c1cnc2c3c(cn2c1)sc1[n+]3Cc2ccncc2-1. The van der Waals surface area contributed by atoms with Gasteiger partial charge in [-0.05, 0) is 12.1 Å². The summed E-state index contributed by atoms with van der Waals surface area (Å²) in [4.78, 5) is 8.76. The second-order valence-corrected chi connectivity index (χ2v) is 5.75. The molecule has 0 spiro atoms. The molecule has 4 nitrogen and oxygen atoms in total. The minimum absolute atomic E-state index is 0.920. The average Bonchev–Trinajstić information content (AvgIpc) is 3.05. The van der Waals surface area contributed by atoms with Gasteiger partial charge < -0.3 is 4.40 Å². The number of pyridine rings is 1. The van der Waals surface area contributed by atoms with Crippen LogP contribution in [0.15, 0.2) is 43.1 Å². The molecule has 0 unspecified atom stereocenters. The second-order valence-electron chi connectivity index (χ2n) is 4.72. The summed E-state index contributed by atoms with van der Waals surface area (Å²) in [6.45, 7) is 0.920. The van der Waals surface area contributed by atoms with E-state index in [1.807, 2.05) is 42.2 Å². The Kier molecular flexibility index (Phi) is 1.62. The van der Waals surface area contributed by atoms with E-state index in [9.17, 15) is 0 Å². The molecule has 90 valence electrons. The highest BCUT2D eigenvalue weighted by atomic mass is 32.1. The van der Waals surface area contributed by atoms with Crippen LogP contribution in [-0.4, -0.2) is 14.4 Å². The summed E-state index contributed by atoms with van der Waals surface area (Å²) in [6, 6.07) is 4.06. The molecule has 0 bridgehead atoms. The van der Waals surface area contributed by atoms with Gasteiger partial charge in [0, 0.05) is 36.5 Å². The molecule has 0 N–H and O–H groups in total. The monoisotopic (exact) mass is 265 g/mol. The molecule has 0 fully saturated rings. The number of thiazole rings is 1. The van der Waals surface area contributed by atoms with E-state index in [2.05, 4.69) is 31.2 Å². The smallest absolute Gasteiger partial charge is 0.272 e. The van der Waals surface area contributed by atoms with Gasteiger partial charge in [0.1, 0.15) is 4.70 Å². The van der Waals surface area contributed by atoms with E-state index in [1.54, 1.807) is 0 Å². The van der Waals surface area contributed by atoms with E-state index in [0.717, 1.165) is 12.2 Å². The molecular formula is C14H9N4S+. The summed E-state index contributed by atoms with van der Waals surface area (Å²) in [5, 5.41) is 1.29. The lowest BCUT2D eigenvalue weighted by Crippen LogP contribution is -2.30. The van der Waals surface area contributed by atoms with Gasteiger partial charge in [-0.3, -0.25) is 4.98 Å². The maximum Gasteiger partial charge on any atom is 0.272 e. The van der Waals surface area contributed by atoms with Crippen LogP contribution in [0.3, 0.4) is 0 Å². The molecular weight excluding hydrogens is 256 g/mol. The second kappa shape index (κ2) is 3.19. The van der Waals surface area contributed by atoms with Gasteiger partial charge in [0.15, 0.2) is 6.54 Å². The van der Waals surface area contributed by atoms with Crippen LogP contribution in [0.1, 0.15) is 5.56 Å². The molecule has 0 atom stereocenters. The van der Waals surface area contributed by atoms with Gasteiger partial charge in [0.05, 0.1) is 5.56 Å². The van der Waals surface area contributed by atoms with Crippen LogP contribution in [-0.2, 0) is 6.54 Å². The Balaban J connectivity index is 1.94. The first kappa shape index (κ1) is 9.63. The summed E-state index contributed by atoms with van der Waals surface area (Å²) in [7, 11) is 0. The predicted octanol–water partition coefficient (Wildman–Crippen LogP) is 2.26. The van der Waals surface area contributed by atoms with Crippen molar-refractivity contribution in [3.8, 4) is 10.6 Å². The molecule has 0 aliphatic carbocycles. The van der Waals surface area contributed by atoms with Gasteiger partial charge >= 0.3 is 0 Å². The first-order valence-electron chi connectivity index (χ1n) is 6.13. The van der Waals surface area contributed by atoms with Crippen LogP contribution in [0, 0.1) is 0 Å². The number of aromatic nitrogens is 4. The Morgan fingerprint density at radius 2 is 2.32 bits per heavy atom. The summed E-state index contributed by atoms with van der Waals surface area (Å²) in [5.74, 6) is 0. The summed E-state index contributed by atoms with van der Waals surface area (Å²) >= 11 is 1.82. The van der Waals surface area contributed by atoms with Crippen molar-refractivity contribution in [2.24, 2.45) is 0 Å². The van der Waals surface area contributed by atoms with Gasteiger partial charge in [-0.1, -0.05) is 11.3 Å². The predicted molar refractivity (Wildman–Crippen MR) is 73.1 cm³/mol. The van der Waals surface area contributed by atoms with Crippen molar-refractivity contribution in [2.45, 2.75) is 6.54 Å². The number of rotatable bonds is 0. The van der Waals surface area contributed by atoms with E-state index < -0.39 is 0 Å². The lowest BCUT2D eigenvalue weighted by Gasteiger charge is -1.90. The summed E-state index contributed by atoms with van der Waals surface area (Å²) in [6.07, 6.45) is 9.88. The molecule has 0 aromatic carbocycles. The molecule has 1 aliphatic rings. The molecule has 5 heterocycles. The van der Waals surface area contributed by atoms with Gasteiger partial charge in [0.2, 0.25) is 5.65 Å². The minimum Gasteiger partial charge on any atom is -0.301 e. The third-order valence-corrected chi connectivity index (χ3v) is 4.82. The van der Waals surface area contributed by atoms with Crippen molar-refractivity contribution in [1.29, 1.82) is 0 Å². The number of fused-ring (bicyclic) bond motifs is 7. The van der Waals surface area contributed by atoms with Crippen LogP contribution < -0.4 is 4.57 Å². The highest BCUT2D eigenvalue weighted by Crippen LogP contribution is 2.36. The van der Waals surface area contributed by atoms with Crippen LogP contribution >= 0.6 is 11.3 Å². The van der Waals surface area contributed by atoms with Crippen LogP contribution in [0.5, 0.6) is 0 Å². The average molecular weight is 265 g/mol. The van der Waals surface area contributed by atoms with Crippen molar-refractivity contribution in [2.75, 3.05) is 0 Å². The molecule has 0 saturated carbocycles. The van der Waals surface area contributed by atoms with E-state index in [-0.39, 0.29) is 0 Å². The fourth-order valence-electron chi connectivity index (χ4n) is 2.83. The molecule has 0 saturated heterocycles. The Bertz CT molecular complexity index is 951. The molecule has 19 heavy (non-hydrogen) atoms. The molecule has 0 radical (unpaired) electrons. The third-order valence-electron chi connectivity index (χ3n) is 3.67. The Hall–Kier alpha value is -2.27. The van der Waals surface area contributed by atoms with Gasteiger partial charge in [-0.25, -0.2) is 4.98 Å². The lowest BCUT2D eigenvalue weighted by atomic mass is 10.2. The largest absolute Gasteiger partial charge is 0.301 e. The lowest BCUT2D eigenvalue weighted by molar-refractivity contribution is -0.641. The molecule has 4 aromatic heterocycles. The summed E-state index contributed by atoms with van der Waals surface area (Å²) < 4.78 is 5.73. The molecule has 0 amide bonds. The van der Waals surface area contributed by atoms with Crippen molar-refractivity contribution >= 4 is 27.2 Å². The third kappa shape index (κ3) is 1.11. The van der Waals surface area contributed by atoms with Crippen molar-refractivity contribution in [1.82, 2.24) is 14.4 Å². The standard InChI is InChI=1S/C14H9N4S/c1-3-16-13-12-11(8-17(13)5-1)19-14-10-6-15-4-2-9(10)7-18(12)14/h1-6,8H,7H2/q+1. The first-order chi connectivity index (χ1) is 9.42. The van der Waals surface area contributed by atoms with E-state index in [1.165, 1.54) is 26.4 Å². The molecule has 4 aromatic rings. The van der Waals surface area contributed by atoms with Crippen molar-refractivity contribution < 1.29 is 4.57 Å². The summed E-state index contributed by atoms with van der Waals surface area (Å²) in [5.41, 5.74) is 4.87. The topological polar surface area (TPSA) is 34.1 Å². The zero-order chi connectivity index (χ0) is 12.4. The molecule has 5 rings (SSSR count). The van der Waals surface area contributed by atoms with Crippen LogP contribution in [0.25, 0.3) is 26.4 Å². The minimum atomic E-state index is 0.920. The maximum atomic E-state index is 4.52. The number of hydrogen-bond donors (Lipinski definition) is 0. The van der Waals surface area contributed by atoms with Gasteiger partial charge in [-0.15, -0.1) is 0 Å². The fourth-order valence-corrected chi connectivity index (χ4v) is 4.06. The maximum absolute atomic E-state index is 4.52. The van der Waals surface area contributed by atoms with Crippen LogP contribution in [0.4, 0.5) is 0 Å². The molecule has 1 aliphatic heterocycles. The molecule has 5 heteroatoms. The fraction of sp³-hybridized carbons (Fsp3) is 0.0714. The Morgan fingerprint density at radius 1 is 1.32 bits per heavy atom. The normalized spacial score (nSPS) is 13.1. The van der Waals surface area contributed by atoms with E-state index in [0.29, 0.717) is 0 Å². The van der Waals surface area contributed by atoms with Crippen molar-refractivity contribution in [3.05, 3.63) is 48.7 Å². The number of nitrogens with zero attached hydrogens (tertiary/aromatic N) is 4. The quantitative estimate of drug-likeness (QED) is 0.402. The van der Waals surface area contributed by atoms with Gasteiger partial charge in [-0.2, -0.15) is 4.57 Å². The first-order valence-corrected chi connectivity index (χ1v) is 6.95. The Morgan fingerprint density at radius 3 is 3.32 bits per heavy atom. The zero-order valence-electron chi connectivity index (χ0n) is 9.95. The van der Waals surface area contributed by atoms with Gasteiger partial charge in [0.25, 0.3) is 10.5 Å². The zero-order valence-corrected chi connectivity index (χ0v) is 10.8. The number of hydrogen-bond acceptors (Lipinski definition) is 3. The Labute approximate surface area is 112 Å². The highest BCUT2D eigenvalue weighted by molar-refractivity contribution is 7.21. The van der Waals surface area contributed by atoms with Crippen LogP contribution in [0.2, 0.25) is 0 Å². The van der Waals surface area contributed by atoms with E-state index in [4.69, 9.17) is 0 Å². The van der Waals surface area contributed by atoms with E-state index >= 15 is 0 Å². The highest BCUT2D eigenvalue weighted by Gasteiger charge is 2.33. The van der Waals surface area contributed by atoms with Crippen molar-refractivity contribution in [3.63, 3.8) is 0 Å².